The number of piperidine rings is 1. The van der Waals surface area contributed by atoms with Gasteiger partial charge >= 0.3 is 0 Å². The van der Waals surface area contributed by atoms with Crippen LogP contribution in [0.4, 0.5) is 0 Å². The van der Waals surface area contributed by atoms with E-state index in [1.54, 1.807) is 11.8 Å². The SMILES string of the molecule is CSCC[C@H](N)C(=O)N1CCCC(CN2CCCCCC2)C1.Cl. The molecular formula is C17H34ClN3OS. The fourth-order valence-corrected chi connectivity index (χ4v) is 4.19. The van der Waals surface area contributed by atoms with Crippen molar-refractivity contribution in [3.63, 3.8) is 0 Å². The molecule has 2 rings (SSSR count). The molecule has 4 nitrogen and oxygen atoms in total. The Morgan fingerprint density at radius 2 is 1.87 bits per heavy atom. The van der Waals surface area contributed by atoms with E-state index in [-0.39, 0.29) is 24.4 Å². The molecule has 2 aliphatic rings. The fourth-order valence-electron chi connectivity index (χ4n) is 3.70. The Kier molecular flexibility index (Phi) is 10.6. The number of hydrogen-bond acceptors (Lipinski definition) is 4. The molecule has 136 valence electrons. The van der Waals surface area contributed by atoms with E-state index in [1.165, 1.54) is 51.7 Å². The van der Waals surface area contributed by atoms with Crippen molar-refractivity contribution in [3.05, 3.63) is 0 Å². The monoisotopic (exact) mass is 363 g/mol. The third kappa shape index (κ3) is 7.20. The lowest BCUT2D eigenvalue weighted by Gasteiger charge is -2.36. The van der Waals surface area contributed by atoms with Crippen molar-refractivity contribution in [3.8, 4) is 0 Å². The zero-order chi connectivity index (χ0) is 15.8. The Morgan fingerprint density at radius 1 is 1.17 bits per heavy atom. The van der Waals surface area contributed by atoms with Gasteiger partial charge in [0.05, 0.1) is 6.04 Å². The lowest BCUT2D eigenvalue weighted by atomic mass is 9.96. The summed E-state index contributed by atoms with van der Waals surface area (Å²) in [5.41, 5.74) is 6.07. The number of rotatable bonds is 6. The van der Waals surface area contributed by atoms with Crippen molar-refractivity contribution in [2.24, 2.45) is 11.7 Å². The molecule has 2 N–H and O–H groups in total. The second kappa shape index (κ2) is 11.6. The van der Waals surface area contributed by atoms with E-state index >= 15 is 0 Å². The highest BCUT2D eigenvalue weighted by molar-refractivity contribution is 7.98. The number of amides is 1. The van der Waals surface area contributed by atoms with Crippen molar-refractivity contribution in [1.29, 1.82) is 0 Å². The van der Waals surface area contributed by atoms with Crippen LogP contribution in [0.15, 0.2) is 0 Å². The maximum Gasteiger partial charge on any atom is 0.239 e. The summed E-state index contributed by atoms with van der Waals surface area (Å²) >= 11 is 1.76. The van der Waals surface area contributed by atoms with Crippen molar-refractivity contribution >= 4 is 30.1 Å². The number of carbonyl (C=O) groups excluding carboxylic acids is 1. The van der Waals surface area contributed by atoms with Gasteiger partial charge < -0.3 is 15.5 Å². The molecule has 0 bridgehead atoms. The zero-order valence-electron chi connectivity index (χ0n) is 14.5. The standard InChI is InChI=1S/C17H33N3OS.ClH/c1-22-12-8-16(18)17(21)20-11-6-7-15(14-20)13-19-9-4-2-3-5-10-19;/h15-16H,2-14,18H2,1H3;1H/t15?,16-;/m0./s1. The smallest absolute Gasteiger partial charge is 0.239 e. The van der Waals surface area contributed by atoms with Crippen LogP contribution in [0.3, 0.4) is 0 Å². The van der Waals surface area contributed by atoms with Crippen LogP contribution >= 0.6 is 24.2 Å². The minimum Gasteiger partial charge on any atom is -0.341 e. The lowest BCUT2D eigenvalue weighted by molar-refractivity contribution is -0.134. The molecule has 2 fully saturated rings. The highest BCUT2D eigenvalue weighted by Crippen LogP contribution is 2.20. The second-order valence-corrected chi connectivity index (χ2v) is 7.88. The Labute approximate surface area is 152 Å². The quantitative estimate of drug-likeness (QED) is 0.788. The molecule has 1 unspecified atom stereocenters. The van der Waals surface area contributed by atoms with Gasteiger partial charge in [-0.2, -0.15) is 11.8 Å². The summed E-state index contributed by atoms with van der Waals surface area (Å²) in [5, 5.41) is 0. The van der Waals surface area contributed by atoms with Gasteiger partial charge in [0.15, 0.2) is 0 Å². The molecule has 2 heterocycles. The van der Waals surface area contributed by atoms with E-state index < -0.39 is 0 Å². The van der Waals surface area contributed by atoms with Crippen LogP contribution in [0.1, 0.15) is 44.9 Å². The van der Waals surface area contributed by atoms with Crippen molar-refractivity contribution in [2.75, 3.05) is 44.7 Å². The predicted molar refractivity (Wildman–Crippen MR) is 102 cm³/mol. The van der Waals surface area contributed by atoms with Crippen molar-refractivity contribution in [2.45, 2.75) is 51.0 Å². The molecule has 0 saturated carbocycles. The first-order chi connectivity index (χ1) is 10.7. The van der Waals surface area contributed by atoms with E-state index in [9.17, 15) is 4.79 Å². The average molecular weight is 364 g/mol. The summed E-state index contributed by atoms with van der Waals surface area (Å²) < 4.78 is 0. The number of nitrogens with zero attached hydrogens (tertiary/aromatic N) is 2. The number of hydrogen-bond donors (Lipinski definition) is 1. The van der Waals surface area contributed by atoms with Gasteiger partial charge in [-0.25, -0.2) is 0 Å². The molecule has 0 aliphatic carbocycles. The molecule has 0 radical (unpaired) electrons. The maximum absolute atomic E-state index is 12.5. The van der Waals surface area contributed by atoms with Crippen LogP contribution in [0.2, 0.25) is 0 Å². The molecule has 2 atom stereocenters. The predicted octanol–water partition coefficient (Wildman–Crippen LogP) is 2.60. The molecule has 23 heavy (non-hydrogen) atoms. The van der Waals surface area contributed by atoms with Gasteiger partial charge in [-0.05, 0) is 63.1 Å². The Bertz CT molecular complexity index is 338. The van der Waals surface area contributed by atoms with Gasteiger partial charge in [-0.15, -0.1) is 12.4 Å². The van der Waals surface area contributed by atoms with Crippen LogP contribution in [0.25, 0.3) is 0 Å². The first kappa shape index (κ1) is 21.1. The fraction of sp³-hybridized carbons (Fsp3) is 0.941. The van der Waals surface area contributed by atoms with Crippen LogP contribution in [-0.4, -0.2) is 66.5 Å². The molecule has 0 aromatic rings. The minimum atomic E-state index is -0.301. The zero-order valence-corrected chi connectivity index (χ0v) is 16.2. The second-order valence-electron chi connectivity index (χ2n) is 6.90. The van der Waals surface area contributed by atoms with Gasteiger partial charge in [0.1, 0.15) is 0 Å². The summed E-state index contributed by atoms with van der Waals surface area (Å²) in [6, 6.07) is -0.301. The minimum absolute atomic E-state index is 0. The van der Waals surface area contributed by atoms with E-state index in [1.807, 2.05) is 4.90 Å². The number of nitrogens with two attached hydrogens (primary N) is 1. The summed E-state index contributed by atoms with van der Waals surface area (Å²) in [4.78, 5) is 17.1. The van der Waals surface area contributed by atoms with E-state index in [2.05, 4.69) is 11.2 Å². The Hall–Kier alpha value is 0.0300. The van der Waals surface area contributed by atoms with Crippen LogP contribution in [-0.2, 0) is 4.79 Å². The molecule has 0 spiro atoms. The molecule has 0 aromatic heterocycles. The van der Waals surface area contributed by atoms with Crippen LogP contribution in [0, 0.1) is 5.92 Å². The van der Waals surface area contributed by atoms with Gasteiger partial charge in [0.25, 0.3) is 0 Å². The molecule has 6 heteroatoms. The summed E-state index contributed by atoms with van der Waals surface area (Å²) in [6.45, 7) is 5.49. The Morgan fingerprint density at radius 3 is 2.52 bits per heavy atom. The molecule has 2 aliphatic heterocycles. The topological polar surface area (TPSA) is 49.6 Å². The molecular weight excluding hydrogens is 330 g/mol. The van der Waals surface area contributed by atoms with Crippen molar-refractivity contribution < 1.29 is 4.79 Å². The summed E-state index contributed by atoms with van der Waals surface area (Å²) in [7, 11) is 0. The molecule has 2 saturated heterocycles. The van der Waals surface area contributed by atoms with Crippen LogP contribution < -0.4 is 5.73 Å². The largest absolute Gasteiger partial charge is 0.341 e. The maximum atomic E-state index is 12.5. The van der Waals surface area contributed by atoms with Gasteiger partial charge in [0.2, 0.25) is 5.91 Å². The van der Waals surface area contributed by atoms with Gasteiger partial charge in [-0.3, -0.25) is 4.79 Å². The molecule has 1 amide bonds. The third-order valence-corrected chi connectivity index (χ3v) is 5.64. The number of carbonyl (C=O) groups is 1. The first-order valence-corrected chi connectivity index (χ1v) is 10.4. The Balaban J connectivity index is 0.00000264. The molecule has 0 aromatic carbocycles. The van der Waals surface area contributed by atoms with E-state index in [4.69, 9.17) is 5.73 Å². The highest BCUT2D eigenvalue weighted by Gasteiger charge is 2.28. The average Bonchev–Trinajstić information content (AvgIpc) is 2.80. The first-order valence-electron chi connectivity index (χ1n) is 8.96. The lowest BCUT2D eigenvalue weighted by Crippen LogP contribution is -2.49. The third-order valence-electron chi connectivity index (χ3n) is 5.00. The van der Waals surface area contributed by atoms with Crippen molar-refractivity contribution in [1.82, 2.24) is 9.80 Å². The number of halogens is 1. The van der Waals surface area contributed by atoms with E-state index in [0.29, 0.717) is 5.92 Å². The highest BCUT2D eigenvalue weighted by atomic mass is 35.5. The number of thioether (sulfide) groups is 1. The normalized spacial score (nSPS) is 24.6. The van der Waals surface area contributed by atoms with Gasteiger partial charge in [0, 0.05) is 19.6 Å². The van der Waals surface area contributed by atoms with E-state index in [0.717, 1.165) is 31.7 Å². The number of likely N-dealkylation sites (tertiary alicyclic amines) is 2. The van der Waals surface area contributed by atoms with Crippen LogP contribution in [0.5, 0.6) is 0 Å². The van der Waals surface area contributed by atoms with Gasteiger partial charge in [-0.1, -0.05) is 12.8 Å². The summed E-state index contributed by atoms with van der Waals surface area (Å²) in [6.07, 6.45) is 10.7. The summed E-state index contributed by atoms with van der Waals surface area (Å²) in [5.74, 6) is 1.79.